The summed E-state index contributed by atoms with van der Waals surface area (Å²) in [7, 11) is 1.27. The molecule has 3 rings (SSSR count). The maximum atomic E-state index is 12.3. The van der Waals surface area contributed by atoms with E-state index in [2.05, 4.69) is 26.2 Å². The van der Waals surface area contributed by atoms with E-state index in [-0.39, 0.29) is 22.5 Å². The van der Waals surface area contributed by atoms with Gasteiger partial charge in [0.05, 0.1) is 12.7 Å². The number of thiocarbonyl (C=S) groups is 1. The summed E-state index contributed by atoms with van der Waals surface area (Å²) in [4.78, 5) is 48.4. The Hall–Kier alpha value is -3.79. The molecule has 3 amide bonds. The van der Waals surface area contributed by atoms with Gasteiger partial charge in [-0.05, 0) is 73.6 Å². The number of benzene rings is 2. The molecule has 0 radical (unpaired) electrons. The van der Waals surface area contributed by atoms with E-state index in [1.807, 2.05) is 0 Å². The number of methoxy groups -OCH3 is 1. The lowest BCUT2D eigenvalue weighted by molar-refractivity contribution is -0.120. The summed E-state index contributed by atoms with van der Waals surface area (Å²) < 4.78 is 4.61. The molecule has 0 bridgehead atoms. The van der Waals surface area contributed by atoms with Crippen LogP contribution in [0.15, 0.2) is 48.5 Å². The number of carbonyl (C=O) groups excluding carboxylic acids is 4. The topological polar surface area (TPSA) is 126 Å². The van der Waals surface area contributed by atoms with Crippen molar-refractivity contribution in [1.29, 1.82) is 0 Å². The van der Waals surface area contributed by atoms with Crippen LogP contribution in [0.3, 0.4) is 0 Å². The Morgan fingerprint density at radius 1 is 0.794 bits per heavy atom. The maximum Gasteiger partial charge on any atom is 0.337 e. The van der Waals surface area contributed by atoms with Gasteiger partial charge in [-0.3, -0.25) is 30.6 Å². The van der Waals surface area contributed by atoms with Crippen LogP contribution < -0.4 is 21.5 Å². The maximum absolute atomic E-state index is 12.3. The largest absolute Gasteiger partial charge is 0.465 e. The minimum absolute atomic E-state index is 0.0135. The monoisotopic (exact) mass is 482 g/mol. The number of amides is 3. The van der Waals surface area contributed by atoms with Gasteiger partial charge in [-0.15, -0.1) is 0 Å². The number of esters is 1. The highest BCUT2D eigenvalue weighted by atomic mass is 32.1. The van der Waals surface area contributed by atoms with Crippen LogP contribution in [0.2, 0.25) is 0 Å². The number of anilines is 1. The van der Waals surface area contributed by atoms with Crippen LogP contribution >= 0.6 is 12.2 Å². The Balaban J connectivity index is 1.45. The lowest BCUT2D eigenvalue weighted by Crippen LogP contribution is -2.48. The van der Waals surface area contributed by atoms with Gasteiger partial charge >= 0.3 is 5.97 Å². The zero-order valence-electron chi connectivity index (χ0n) is 18.7. The number of hydrazine groups is 1. The number of hydrogen-bond acceptors (Lipinski definition) is 6. The first-order chi connectivity index (χ1) is 16.4. The molecule has 0 unspecified atom stereocenters. The molecule has 34 heavy (non-hydrogen) atoms. The zero-order valence-corrected chi connectivity index (χ0v) is 19.5. The van der Waals surface area contributed by atoms with Crippen LogP contribution in [0.5, 0.6) is 0 Å². The molecule has 178 valence electrons. The number of hydrogen-bond donors (Lipinski definition) is 4. The van der Waals surface area contributed by atoms with Crippen molar-refractivity contribution < 1.29 is 23.9 Å². The van der Waals surface area contributed by atoms with Crippen molar-refractivity contribution >= 4 is 46.7 Å². The molecule has 2 aromatic carbocycles. The van der Waals surface area contributed by atoms with Gasteiger partial charge in [0, 0.05) is 22.7 Å². The van der Waals surface area contributed by atoms with Gasteiger partial charge in [0.25, 0.3) is 11.8 Å². The number of nitrogens with one attached hydrogen (secondary N) is 4. The van der Waals surface area contributed by atoms with Gasteiger partial charge < -0.3 is 10.1 Å². The Morgan fingerprint density at radius 3 is 1.97 bits per heavy atom. The van der Waals surface area contributed by atoms with Crippen molar-refractivity contribution in [2.75, 3.05) is 12.4 Å². The molecular weight excluding hydrogens is 456 g/mol. The van der Waals surface area contributed by atoms with Gasteiger partial charge in [0.2, 0.25) is 5.91 Å². The average Bonchev–Trinajstić information content (AvgIpc) is 2.87. The van der Waals surface area contributed by atoms with Crippen molar-refractivity contribution in [2.45, 2.75) is 32.1 Å². The highest BCUT2D eigenvalue weighted by Gasteiger charge is 2.21. The molecule has 0 saturated heterocycles. The Kier molecular flexibility index (Phi) is 8.69. The quantitative estimate of drug-likeness (QED) is 0.293. The second kappa shape index (κ2) is 11.9. The van der Waals surface area contributed by atoms with Crippen LogP contribution in [0.1, 0.15) is 63.2 Å². The van der Waals surface area contributed by atoms with Crippen LogP contribution in [0.25, 0.3) is 0 Å². The summed E-state index contributed by atoms with van der Waals surface area (Å²) in [5.74, 6) is -1.43. The Bertz CT molecular complexity index is 1060. The van der Waals surface area contributed by atoms with E-state index in [1.165, 1.54) is 37.8 Å². The van der Waals surface area contributed by atoms with E-state index in [0.29, 0.717) is 16.8 Å². The normalized spacial score (nSPS) is 13.3. The molecule has 0 atom stereocenters. The molecule has 0 aromatic heterocycles. The first-order valence-corrected chi connectivity index (χ1v) is 11.3. The minimum Gasteiger partial charge on any atom is -0.465 e. The van der Waals surface area contributed by atoms with Crippen molar-refractivity contribution in [3.63, 3.8) is 0 Å². The third-order valence-corrected chi connectivity index (χ3v) is 5.68. The fourth-order valence-electron chi connectivity index (χ4n) is 3.58. The third-order valence-electron chi connectivity index (χ3n) is 5.48. The molecule has 2 aromatic rings. The lowest BCUT2D eigenvalue weighted by atomic mass is 9.88. The summed E-state index contributed by atoms with van der Waals surface area (Å²) in [5.41, 5.74) is 6.43. The number of ether oxygens (including phenoxy) is 1. The smallest absolute Gasteiger partial charge is 0.337 e. The summed E-state index contributed by atoms with van der Waals surface area (Å²) in [5, 5.41) is 5.22. The van der Waals surface area contributed by atoms with Gasteiger partial charge in [0.1, 0.15) is 0 Å². The molecule has 9 nitrogen and oxygen atoms in total. The first-order valence-electron chi connectivity index (χ1n) is 10.9. The van der Waals surface area contributed by atoms with Gasteiger partial charge in [-0.1, -0.05) is 19.3 Å². The van der Waals surface area contributed by atoms with Crippen molar-refractivity contribution in [3.05, 3.63) is 65.2 Å². The number of carbonyl (C=O) groups is 4. The van der Waals surface area contributed by atoms with E-state index < -0.39 is 17.8 Å². The minimum atomic E-state index is -0.513. The fraction of sp³-hybridized carbons (Fsp3) is 0.292. The van der Waals surface area contributed by atoms with Crippen molar-refractivity contribution in [1.82, 2.24) is 16.2 Å². The second-order valence-electron chi connectivity index (χ2n) is 7.83. The SMILES string of the molecule is COC(=O)c1ccc(C(=O)NC(=S)NNC(=O)c2ccc(NC(=O)C3CCCCC3)cc2)cc1. The molecular formula is C24H26N4O5S. The third kappa shape index (κ3) is 6.85. The van der Waals surface area contributed by atoms with Gasteiger partial charge in [-0.2, -0.15) is 0 Å². The molecule has 0 aliphatic heterocycles. The average molecular weight is 483 g/mol. The van der Waals surface area contributed by atoms with E-state index >= 15 is 0 Å². The number of rotatable bonds is 5. The molecule has 10 heteroatoms. The summed E-state index contributed by atoms with van der Waals surface area (Å²) in [6, 6.07) is 12.3. The van der Waals surface area contributed by atoms with Crippen molar-refractivity contribution in [2.24, 2.45) is 5.92 Å². The highest BCUT2D eigenvalue weighted by molar-refractivity contribution is 7.80. The molecule has 4 N–H and O–H groups in total. The van der Waals surface area contributed by atoms with E-state index in [9.17, 15) is 19.2 Å². The Morgan fingerprint density at radius 2 is 1.35 bits per heavy atom. The van der Waals surface area contributed by atoms with Crippen molar-refractivity contribution in [3.8, 4) is 0 Å². The Labute approximate surface area is 202 Å². The molecule has 1 aliphatic carbocycles. The molecule has 1 aliphatic rings. The molecule has 1 fully saturated rings. The van der Waals surface area contributed by atoms with Gasteiger partial charge in [0.15, 0.2) is 5.11 Å². The summed E-state index contributed by atoms with van der Waals surface area (Å²) >= 11 is 5.04. The van der Waals surface area contributed by atoms with Crippen LogP contribution in [-0.4, -0.2) is 35.9 Å². The molecule has 0 spiro atoms. The first kappa shape index (κ1) is 24.8. The predicted octanol–water partition coefficient (Wildman–Crippen LogP) is 2.94. The van der Waals surface area contributed by atoms with Gasteiger partial charge in [-0.25, -0.2) is 4.79 Å². The van der Waals surface area contributed by atoms with E-state index in [1.54, 1.807) is 24.3 Å². The van der Waals surface area contributed by atoms with E-state index in [0.717, 1.165) is 25.7 Å². The zero-order chi connectivity index (χ0) is 24.5. The van der Waals surface area contributed by atoms with Crippen LogP contribution in [0, 0.1) is 5.92 Å². The molecule has 1 saturated carbocycles. The lowest BCUT2D eigenvalue weighted by Gasteiger charge is -2.20. The van der Waals surface area contributed by atoms with E-state index in [4.69, 9.17) is 12.2 Å². The standard InChI is InChI=1S/C24H26N4O5S/c1-33-23(32)18-9-7-16(8-10-18)21(30)26-24(34)28-27-22(31)17-11-13-19(14-12-17)25-20(29)15-5-3-2-4-6-15/h7-15H,2-6H2,1H3,(H,25,29)(H,27,31)(H2,26,28,30,34). The summed E-state index contributed by atoms with van der Waals surface area (Å²) in [6.45, 7) is 0. The predicted molar refractivity (Wildman–Crippen MR) is 130 cm³/mol. The van der Waals surface area contributed by atoms with Crippen LogP contribution in [0.4, 0.5) is 5.69 Å². The van der Waals surface area contributed by atoms with Crippen LogP contribution in [-0.2, 0) is 9.53 Å². The second-order valence-corrected chi connectivity index (χ2v) is 8.24. The highest BCUT2D eigenvalue weighted by Crippen LogP contribution is 2.25. The molecule has 0 heterocycles. The summed E-state index contributed by atoms with van der Waals surface area (Å²) in [6.07, 6.45) is 5.15. The fourth-order valence-corrected chi connectivity index (χ4v) is 3.73.